The van der Waals surface area contributed by atoms with Crippen molar-refractivity contribution in [1.29, 1.82) is 0 Å². The van der Waals surface area contributed by atoms with E-state index in [0.717, 1.165) is 19.3 Å². The zero-order valence-electron chi connectivity index (χ0n) is 10.1. The average Bonchev–Trinajstić information content (AvgIpc) is 2.41. The number of aliphatic hydroxyl groups is 5. The van der Waals surface area contributed by atoms with Crippen molar-refractivity contribution in [2.75, 3.05) is 19.7 Å². The van der Waals surface area contributed by atoms with Gasteiger partial charge in [0.25, 0.3) is 5.91 Å². The summed E-state index contributed by atoms with van der Waals surface area (Å²) in [6, 6.07) is 0. The van der Waals surface area contributed by atoms with Gasteiger partial charge in [0, 0.05) is 13.1 Å². The Morgan fingerprint density at radius 1 is 1.06 bits per heavy atom. The summed E-state index contributed by atoms with van der Waals surface area (Å²) < 4.78 is 5.23. The van der Waals surface area contributed by atoms with Crippen LogP contribution in [0.1, 0.15) is 19.3 Å². The number of nitrogens with zero attached hydrogens (tertiary/aromatic N) is 1. The lowest BCUT2D eigenvalue weighted by Gasteiger charge is -2.50. The predicted molar refractivity (Wildman–Crippen MR) is 60.4 cm³/mol. The summed E-state index contributed by atoms with van der Waals surface area (Å²) in [4.78, 5) is 1.54. The fourth-order valence-electron chi connectivity index (χ4n) is 2.61. The second-order valence-electron chi connectivity index (χ2n) is 4.97. The second kappa shape index (κ2) is 5.38. The number of likely N-dealkylation sites (tertiary alicyclic amines) is 1. The molecule has 0 saturated carbocycles. The molecule has 0 radical (unpaired) electrons. The molecule has 5 N–H and O–H groups in total. The van der Waals surface area contributed by atoms with Gasteiger partial charge in [0.1, 0.15) is 18.3 Å². The van der Waals surface area contributed by atoms with Crippen LogP contribution in [0.4, 0.5) is 0 Å². The van der Waals surface area contributed by atoms with Gasteiger partial charge in [0.05, 0.1) is 6.61 Å². The maximum Gasteiger partial charge on any atom is 0.258 e. The van der Waals surface area contributed by atoms with Crippen molar-refractivity contribution in [3.8, 4) is 0 Å². The van der Waals surface area contributed by atoms with Crippen molar-refractivity contribution in [1.82, 2.24) is 4.90 Å². The number of hydrogen-bond donors (Lipinski definition) is 5. The Morgan fingerprint density at radius 3 is 2.22 bits per heavy atom. The van der Waals surface area contributed by atoms with Crippen molar-refractivity contribution < 1.29 is 30.3 Å². The molecule has 5 unspecified atom stereocenters. The lowest BCUT2D eigenvalue weighted by Crippen LogP contribution is -2.71. The Morgan fingerprint density at radius 2 is 1.67 bits per heavy atom. The SMILES string of the molecule is OCC1OC(O)(N2CCCCC2)C(O)C(O)C1O. The molecule has 0 spiro atoms. The molecule has 2 heterocycles. The van der Waals surface area contributed by atoms with Crippen molar-refractivity contribution in [2.45, 2.75) is 49.6 Å². The molecule has 0 aromatic carbocycles. The van der Waals surface area contributed by atoms with Crippen molar-refractivity contribution in [2.24, 2.45) is 0 Å². The number of rotatable bonds is 2. The third-order valence-corrected chi connectivity index (χ3v) is 3.75. The predicted octanol–water partition coefficient (Wildman–Crippen LogP) is -2.41. The molecule has 0 aliphatic carbocycles. The molecule has 7 heteroatoms. The first-order valence-electron chi connectivity index (χ1n) is 6.31. The Kier molecular flexibility index (Phi) is 4.22. The van der Waals surface area contributed by atoms with E-state index in [2.05, 4.69) is 0 Å². The molecule has 0 aromatic heterocycles. The highest BCUT2D eigenvalue weighted by atomic mass is 16.7. The minimum absolute atomic E-state index is 0.536. The molecule has 2 saturated heterocycles. The topological polar surface area (TPSA) is 114 Å². The van der Waals surface area contributed by atoms with E-state index in [1.54, 1.807) is 4.90 Å². The van der Waals surface area contributed by atoms with Crippen LogP contribution in [0.2, 0.25) is 0 Å². The molecular formula is C11H21NO6. The molecule has 2 fully saturated rings. The van der Waals surface area contributed by atoms with E-state index in [4.69, 9.17) is 9.84 Å². The van der Waals surface area contributed by atoms with E-state index in [9.17, 15) is 20.4 Å². The number of ether oxygens (including phenoxy) is 1. The van der Waals surface area contributed by atoms with Crippen LogP contribution in [0.3, 0.4) is 0 Å². The molecule has 7 nitrogen and oxygen atoms in total. The van der Waals surface area contributed by atoms with Crippen LogP contribution in [0.15, 0.2) is 0 Å². The molecule has 2 aliphatic heterocycles. The second-order valence-corrected chi connectivity index (χ2v) is 4.97. The summed E-state index contributed by atoms with van der Waals surface area (Å²) in [5, 5.41) is 48.8. The van der Waals surface area contributed by atoms with E-state index < -0.39 is 36.9 Å². The van der Waals surface area contributed by atoms with Crippen molar-refractivity contribution >= 4 is 0 Å². The van der Waals surface area contributed by atoms with E-state index in [0.29, 0.717) is 13.1 Å². The first kappa shape index (κ1) is 14.1. The van der Waals surface area contributed by atoms with E-state index in [1.807, 2.05) is 0 Å². The van der Waals surface area contributed by atoms with Gasteiger partial charge in [-0.3, -0.25) is 4.90 Å². The third kappa shape index (κ3) is 2.27. The number of piperidine rings is 1. The van der Waals surface area contributed by atoms with Gasteiger partial charge >= 0.3 is 0 Å². The zero-order chi connectivity index (χ0) is 13.3. The van der Waals surface area contributed by atoms with Crippen LogP contribution in [0.25, 0.3) is 0 Å². The van der Waals surface area contributed by atoms with Crippen LogP contribution >= 0.6 is 0 Å². The highest BCUT2D eigenvalue weighted by Gasteiger charge is 2.55. The molecule has 106 valence electrons. The van der Waals surface area contributed by atoms with Gasteiger partial charge in [-0.15, -0.1) is 0 Å². The van der Waals surface area contributed by atoms with Crippen molar-refractivity contribution in [3.05, 3.63) is 0 Å². The maximum atomic E-state index is 10.4. The summed E-state index contributed by atoms with van der Waals surface area (Å²) in [6.07, 6.45) is -2.96. The van der Waals surface area contributed by atoms with Gasteiger partial charge in [-0.25, -0.2) is 0 Å². The summed E-state index contributed by atoms with van der Waals surface area (Å²) >= 11 is 0. The van der Waals surface area contributed by atoms with E-state index >= 15 is 0 Å². The quantitative estimate of drug-likeness (QED) is 0.377. The van der Waals surface area contributed by atoms with Gasteiger partial charge < -0.3 is 30.3 Å². The van der Waals surface area contributed by atoms with E-state index in [1.165, 1.54) is 0 Å². The van der Waals surface area contributed by atoms with Crippen LogP contribution < -0.4 is 0 Å². The fourth-order valence-corrected chi connectivity index (χ4v) is 2.61. The molecule has 2 rings (SSSR count). The van der Waals surface area contributed by atoms with Gasteiger partial charge in [-0.05, 0) is 12.8 Å². The summed E-state index contributed by atoms with van der Waals surface area (Å²) in [6.45, 7) is 0.532. The van der Waals surface area contributed by atoms with Crippen LogP contribution in [-0.4, -0.2) is 80.5 Å². The minimum Gasteiger partial charge on any atom is -0.394 e. The van der Waals surface area contributed by atoms with Gasteiger partial charge in [0.15, 0.2) is 6.10 Å². The van der Waals surface area contributed by atoms with Gasteiger partial charge in [-0.1, -0.05) is 6.42 Å². The Hall–Kier alpha value is -0.280. The maximum absolute atomic E-state index is 10.4. The van der Waals surface area contributed by atoms with Crippen LogP contribution in [-0.2, 0) is 4.74 Å². The molecule has 2 aliphatic rings. The summed E-state index contributed by atoms with van der Waals surface area (Å²) in [7, 11) is 0. The monoisotopic (exact) mass is 263 g/mol. The lowest BCUT2D eigenvalue weighted by atomic mass is 9.95. The Labute approximate surface area is 105 Å². The highest BCUT2D eigenvalue weighted by molar-refractivity contribution is 4.96. The first-order valence-corrected chi connectivity index (χ1v) is 6.31. The van der Waals surface area contributed by atoms with E-state index in [-0.39, 0.29) is 0 Å². The average molecular weight is 263 g/mol. The molecule has 18 heavy (non-hydrogen) atoms. The summed E-state index contributed by atoms with van der Waals surface area (Å²) in [5.74, 6) is -2.05. The molecule has 5 atom stereocenters. The third-order valence-electron chi connectivity index (χ3n) is 3.75. The minimum atomic E-state index is -2.05. The summed E-state index contributed by atoms with van der Waals surface area (Å²) in [5.41, 5.74) is 0. The molecule has 0 bridgehead atoms. The first-order chi connectivity index (χ1) is 8.50. The van der Waals surface area contributed by atoms with Crippen molar-refractivity contribution in [3.63, 3.8) is 0 Å². The standard InChI is InChI=1S/C11H21NO6/c13-6-7-8(14)9(15)10(16)11(17,18-7)12-4-2-1-3-5-12/h7-10,13-17H,1-6H2. The largest absolute Gasteiger partial charge is 0.394 e. The molecule has 0 amide bonds. The lowest BCUT2D eigenvalue weighted by molar-refractivity contribution is -0.404. The number of hydrogen-bond acceptors (Lipinski definition) is 7. The van der Waals surface area contributed by atoms with Gasteiger partial charge in [-0.2, -0.15) is 0 Å². The fraction of sp³-hybridized carbons (Fsp3) is 1.00. The molecular weight excluding hydrogens is 242 g/mol. The molecule has 0 aromatic rings. The Balaban J connectivity index is 2.18. The smallest absolute Gasteiger partial charge is 0.258 e. The number of aliphatic hydroxyl groups excluding tert-OH is 4. The van der Waals surface area contributed by atoms with Crippen LogP contribution in [0, 0.1) is 0 Å². The normalized spacial score (nSPS) is 47.2. The van der Waals surface area contributed by atoms with Crippen LogP contribution in [0.5, 0.6) is 0 Å². The zero-order valence-corrected chi connectivity index (χ0v) is 10.1. The Bertz CT molecular complexity index is 279. The van der Waals surface area contributed by atoms with Gasteiger partial charge in [0.2, 0.25) is 0 Å². The highest BCUT2D eigenvalue weighted by Crippen LogP contribution is 2.32.